The van der Waals surface area contributed by atoms with Gasteiger partial charge in [-0.05, 0) is 22.4 Å². The van der Waals surface area contributed by atoms with Crippen LogP contribution >= 0.6 is 0 Å². The highest BCUT2D eigenvalue weighted by atomic mass is 16.5. The molecule has 1 aliphatic rings. The Labute approximate surface area is 159 Å². The number of carboxylic acid groups (broad SMARTS) is 1. The van der Waals surface area contributed by atoms with Crippen molar-refractivity contribution < 1.29 is 14.6 Å². The fourth-order valence-corrected chi connectivity index (χ4v) is 4.23. The third-order valence-corrected chi connectivity index (χ3v) is 5.48. The average molecular weight is 361 g/mol. The number of hydrogen-bond donors (Lipinski definition) is 1. The van der Waals surface area contributed by atoms with Crippen molar-refractivity contribution in [1.82, 2.24) is 4.90 Å². The molecule has 4 rings (SSSR count). The van der Waals surface area contributed by atoms with E-state index in [1.165, 1.54) is 5.56 Å². The first-order valence-electron chi connectivity index (χ1n) is 9.22. The van der Waals surface area contributed by atoms with Gasteiger partial charge in [0.25, 0.3) is 0 Å². The van der Waals surface area contributed by atoms with Crippen molar-refractivity contribution in [2.24, 2.45) is 5.92 Å². The molecule has 0 bridgehead atoms. The topological polar surface area (TPSA) is 49.8 Å². The van der Waals surface area contributed by atoms with Crippen LogP contribution in [0.1, 0.15) is 17.0 Å². The van der Waals surface area contributed by atoms with E-state index < -0.39 is 11.9 Å². The number of fused-ring (bicyclic) bond motifs is 1. The zero-order chi connectivity index (χ0) is 18.8. The highest BCUT2D eigenvalue weighted by Gasteiger charge is 2.40. The van der Waals surface area contributed by atoms with Crippen molar-refractivity contribution in [2.45, 2.75) is 12.5 Å². The van der Waals surface area contributed by atoms with E-state index >= 15 is 0 Å². The van der Waals surface area contributed by atoms with Crippen molar-refractivity contribution in [1.29, 1.82) is 0 Å². The molecule has 3 aromatic rings. The molecule has 0 aromatic heterocycles. The van der Waals surface area contributed by atoms with Gasteiger partial charge in [0, 0.05) is 31.1 Å². The molecule has 4 heteroatoms. The summed E-state index contributed by atoms with van der Waals surface area (Å²) in [7, 11) is 1.65. The summed E-state index contributed by atoms with van der Waals surface area (Å²) in [6.45, 7) is 2.01. The molecule has 0 saturated carbocycles. The van der Waals surface area contributed by atoms with E-state index in [0.717, 1.165) is 28.6 Å². The van der Waals surface area contributed by atoms with E-state index in [0.29, 0.717) is 13.1 Å². The summed E-state index contributed by atoms with van der Waals surface area (Å²) in [6.07, 6.45) is 0. The van der Waals surface area contributed by atoms with Gasteiger partial charge in [-0.15, -0.1) is 0 Å². The third kappa shape index (κ3) is 3.40. The zero-order valence-electron chi connectivity index (χ0n) is 15.3. The van der Waals surface area contributed by atoms with E-state index in [2.05, 4.69) is 29.2 Å². The van der Waals surface area contributed by atoms with Gasteiger partial charge in [-0.3, -0.25) is 9.69 Å². The highest BCUT2D eigenvalue weighted by Crippen LogP contribution is 2.42. The predicted molar refractivity (Wildman–Crippen MR) is 106 cm³/mol. The fraction of sp³-hybridized carbons (Fsp3) is 0.261. The number of likely N-dealkylation sites (tertiary alicyclic amines) is 1. The van der Waals surface area contributed by atoms with Crippen LogP contribution in [-0.2, 0) is 11.3 Å². The average Bonchev–Trinajstić information content (AvgIpc) is 3.11. The number of carboxylic acids is 1. The molecule has 3 aromatic carbocycles. The maximum atomic E-state index is 12.1. The molecule has 138 valence electrons. The van der Waals surface area contributed by atoms with Crippen LogP contribution in [0.3, 0.4) is 0 Å². The Morgan fingerprint density at radius 1 is 1.04 bits per heavy atom. The smallest absolute Gasteiger partial charge is 0.308 e. The monoisotopic (exact) mass is 361 g/mol. The molecule has 0 aliphatic carbocycles. The largest absolute Gasteiger partial charge is 0.496 e. The Morgan fingerprint density at radius 3 is 2.52 bits per heavy atom. The van der Waals surface area contributed by atoms with Gasteiger partial charge >= 0.3 is 5.97 Å². The standard InChI is InChI=1S/C23H23NO3/c1-27-21-12-11-17-9-5-6-10-18(17)22(21)19-14-24(15-20(19)23(25)26)13-16-7-3-2-4-8-16/h2-12,19-20H,13-15H2,1H3,(H,25,26)/t19-,20-/m1/s1. The Balaban J connectivity index is 1.73. The first-order valence-corrected chi connectivity index (χ1v) is 9.22. The molecule has 2 atom stereocenters. The summed E-state index contributed by atoms with van der Waals surface area (Å²) in [4.78, 5) is 14.3. The van der Waals surface area contributed by atoms with E-state index in [4.69, 9.17) is 4.74 Å². The Kier molecular flexibility index (Phi) is 4.82. The lowest BCUT2D eigenvalue weighted by molar-refractivity contribution is -0.141. The van der Waals surface area contributed by atoms with Gasteiger partial charge in [0.15, 0.2) is 0 Å². The number of benzene rings is 3. The summed E-state index contributed by atoms with van der Waals surface area (Å²) in [6, 6.07) is 22.3. The van der Waals surface area contributed by atoms with Crippen molar-refractivity contribution >= 4 is 16.7 Å². The van der Waals surface area contributed by atoms with E-state index in [1.807, 2.05) is 42.5 Å². The molecular weight excluding hydrogens is 338 g/mol. The second kappa shape index (κ2) is 7.41. The number of rotatable bonds is 5. The van der Waals surface area contributed by atoms with Gasteiger partial charge in [0.1, 0.15) is 5.75 Å². The molecule has 27 heavy (non-hydrogen) atoms. The zero-order valence-corrected chi connectivity index (χ0v) is 15.3. The SMILES string of the molecule is COc1ccc2ccccc2c1[C@@H]1CN(Cc2ccccc2)C[C@H]1C(=O)O. The summed E-state index contributed by atoms with van der Waals surface area (Å²) in [5.41, 5.74) is 2.21. The van der Waals surface area contributed by atoms with E-state index in [9.17, 15) is 9.90 Å². The maximum Gasteiger partial charge on any atom is 0.308 e. The molecule has 1 aliphatic heterocycles. The van der Waals surface area contributed by atoms with Crippen molar-refractivity contribution in [3.05, 3.63) is 77.9 Å². The van der Waals surface area contributed by atoms with Crippen molar-refractivity contribution in [3.63, 3.8) is 0 Å². The van der Waals surface area contributed by atoms with Gasteiger partial charge in [-0.1, -0.05) is 60.7 Å². The second-order valence-corrected chi connectivity index (χ2v) is 7.13. The Bertz CT molecular complexity index is 954. The molecule has 0 spiro atoms. The fourth-order valence-electron chi connectivity index (χ4n) is 4.23. The van der Waals surface area contributed by atoms with E-state index in [-0.39, 0.29) is 5.92 Å². The van der Waals surface area contributed by atoms with Gasteiger partial charge in [0.05, 0.1) is 13.0 Å². The maximum absolute atomic E-state index is 12.1. The van der Waals surface area contributed by atoms with Crippen LogP contribution in [0.2, 0.25) is 0 Å². The number of aliphatic carboxylic acids is 1. The van der Waals surface area contributed by atoms with Crippen LogP contribution in [0.4, 0.5) is 0 Å². The molecule has 4 nitrogen and oxygen atoms in total. The minimum atomic E-state index is -0.745. The molecule has 1 N–H and O–H groups in total. The summed E-state index contributed by atoms with van der Waals surface area (Å²) < 4.78 is 5.64. The number of ether oxygens (including phenoxy) is 1. The van der Waals surface area contributed by atoms with Crippen molar-refractivity contribution in [2.75, 3.05) is 20.2 Å². The predicted octanol–water partition coefficient (Wildman–Crippen LogP) is 4.15. The lowest BCUT2D eigenvalue weighted by atomic mass is 9.85. The van der Waals surface area contributed by atoms with E-state index in [1.54, 1.807) is 7.11 Å². The highest BCUT2D eigenvalue weighted by molar-refractivity contribution is 5.89. The van der Waals surface area contributed by atoms with Crippen LogP contribution in [0.15, 0.2) is 66.7 Å². The second-order valence-electron chi connectivity index (χ2n) is 7.13. The van der Waals surface area contributed by atoms with Gasteiger partial charge in [-0.2, -0.15) is 0 Å². The minimum absolute atomic E-state index is 0.104. The Morgan fingerprint density at radius 2 is 1.78 bits per heavy atom. The molecule has 1 saturated heterocycles. The quantitative estimate of drug-likeness (QED) is 0.742. The summed E-state index contributed by atoms with van der Waals surface area (Å²) in [5, 5.41) is 12.1. The van der Waals surface area contributed by atoms with Crippen LogP contribution in [-0.4, -0.2) is 36.2 Å². The molecule has 1 fully saturated rings. The lowest BCUT2D eigenvalue weighted by Crippen LogP contribution is -2.23. The van der Waals surface area contributed by atoms with Crippen LogP contribution in [0.5, 0.6) is 5.75 Å². The van der Waals surface area contributed by atoms with Gasteiger partial charge in [0.2, 0.25) is 0 Å². The van der Waals surface area contributed by atoms with Crippen LogP contribution in [0.25, 0.3) is 10.8 Å². The normalized spacial score (nSPS) is 20.0. The van der Waals surface area contributed by atoms with Crippen molar-refractivity contribution in [3.8, 4) is 5.75 Å². The lowest BCUT2D eigenvalue weighted by Gasteiger charge is -2.21. The molecule has 0 amide bonds. The van der Waals surface area contributed by atoms with Crippen LogP contribution in [0, 0.1) is 5.92 Å². The number of methoxy groups -OCH3 is 1. The minimum Gasteiger partial charge on any atom is -0.496 e. The third-order valence-electron chi connectivity index (χ3n) is 5.48. The molecule has 0 radical (unpaired) electrons. The Hall–Kier alpha value is -2.85. The number of nitrogens with zero attached hydrogens (tertiary/aromatic N) is 1. The number of hydrogen-bond acceptors (Lipinski definition) is 3. The molecule has 0 unspecified atom stereocenters. The van der Waals surface area contributed by atoms with Gasteiger partial charge < -0.3 is 9.84 Å². The number of carbonyl (C=O) groups is 1. The summed E-state index contributed by atoms with van der Waals surface area (Å²) >= 11 is 0. The first-order chi connectivity index (χ1) is 13.2. The van der Waals surface area contributed by atoms with Crippen LogP contribution < -0.4 is 4.74 Å². The summed E-state index contributed by atoms with van der Waals surface area (Å²) in [5.74, 6) is -0.530. The molecule has 1 heterocycles. The van der Waals surface area contributed by atoms with Gasteiger partial charge in [-0.25, -0.2) is 0 Å². The first kappa shape index (κ1) is 17.6. The molecular formula is C23H23NO3.